The van der Waals surface area contributed by atoms with Crippen molar-refractivity contribution in [3.63, 3.8) is 0 Å². The Morgan fingerprint density at radius 2 is 1.90 bits per heavy atom. The van der Waals surface area contributed by atoms with Crippen molar-refractivity contribution in [1.29, 1.82) is 0 Å². The van der Waals surface area contributed by atoms with Gasteiger partial charge in [0.2, 0.25) is 0 Å². The van der Waals surface area contributed by atoms with Gasteiger partial charge in [-0.05, 0) is 118 Å². The fourth-order valence-corrected chi connectivity index (χ4v) is 8.60. The van der Waals surface area contributed by atoms with Gasteiger partial charge in [-0.15, -0.1) is 6.58 Å². The molecule has 0 radical (unpaired) electrons. The third-order valence-electron chi connectivity index (χ3n) is 10.7. The van der Waals surface area contributed by atoms with Gasteiger partial charge in [-0.25, -0.2) is 0 Å². The topological polar surface area (TPSA) is 40.5 Å². The molecule has 0 heterocycles. The molecule has 0 aromatic heterocycles. The Morgan fingerprint density at radius 1 is 1.17 bits per heavy atom. The fourth-order valence-electron chi connectivity index (χ4n) is 8.60. The van der Waals surface area contributed by atoms with E-state index in [0.717, 1.165) is 55.8 Å². The highest BCUT2D eigenvalue weighted by Crippen LogP contribution is 2.67. The molecule has 0 spiro atoms. The van der Waals surface area contributed by atoms with Crippen LogP contribution in [0, 0.1) is 40.4 Å². The quantitative estimate of drug-likeness (QED) is 0.493. The summed E-state index contributed by atoms with van der Waals surface area (Å²) in [5.74, 6) is 3.93. The molecule has 4 aliphatic carbocycles. The molecule has 30 heavy (non-hydrogen) atoms. The minimum atomic E-state index is -0.730. The lowest BCUT2D eigenvalue weighted by atomic mass is 9.46. The summed E-state index contributed by atoms with van der Waals surface area (Å²) in [4.78, 5) is 0. The van der Waals surface area contributed by atoms with E-state index in [0.29, 0.717) is 16.7 Å². The molecule has 2 nitrogen and oxygen atoms in total. The molecule has 9 atom stereocenters. The first kappa shape index (κ1) is 22.6. The van der Waals surface area contributed by atoms with E-state index in [4.69, 9.17) is 0 Å². The summed E-state index contributed by atoms with van der Waals surface area (Å²) in [5.41, 5.74) is 1.12. The van der Waals surface area contributed by atoms with Crippen LogP contribution in [0.3, 0.4) is 0 Å². The van der Waals surface area contributed by atoms with E-state index >= 15 is 0 Å². The minimum absolute atomic E-state index is 0.318. The largest absolute Gasteiger partial charge is 0.390 e. The van der Waals surface area contributed by atoms with Crippen LogP contribution in [0.2, 0.25) is 0 Å². The number of hydrogen-bond donors (Lipinski definition) is 2. The van der Waals surface area contributed by atoms with Crippen LogP contribution in [0.4, 0.5) is 0 Å². The fraction of sp³-hybridized carbons (Fsp3) is 0.857. The van der Waals surface area contributed by atoms with E-state index in [1.807, 2.05) is 13.8 Å². The zero-order valence-electron chi connectivity index (χ0n) is 20.2. The predicted octanol–water partition coefficient (Wildman–Crippen LogP) is 6.67. The maximum Gasteiger partial charge on any atom is 0.0797 e. The third-order valence-corrected chi connectivity index (χ3v) is 10.7. The molecule has 3 fully saturated rings. The monoisotopic (exact) mass is 414 g/mol. The summed E-state index contributed by atoms with van der Waals surface area (Å²) in [5, 5.41) is 21.1. The van der Waals surface area contributed by atoms with E-state index in [9.17, 15) is 10.2 Å². The number of hydrogen-bond acceptors (Lipinski definition) is 2. The Kier molecular flexibility index (Phi) is 5.63. The van der Waals surface area contributed by atoms with Crippen LogP contribution in [-0.2, 0) is 0 Å². The molecular weight excluding hydrogens is 368 g/mol. The molecule has 0 aromatic rings. The van der Waals surface area contributed by atoms with Crippen molar-refractivity contribution in [2.45, 2.75) is 110 Å². The summed E-state index contributed by atoms with van der Waals surface area (Å²) >= 11 is 0. The second kappa shape index (κ2) is 7.48. The molecule has 1 unspecified atom stereocenters. The van der Waals surface area contributed by atoms with Crippen molar-refractivity contribution >= 4 is 0 Å². The maximum absolute atomic E-state index is 10.7. The standard InChI is InChI=1S/C28H46O2/c1-7-25(3,29)14-12-19(2)22-10-11-23-21-9-8-20-18-26(4,30)16-17-27(20,5)24(21)13-15-28(22,23)6/h7-8,19,21-24,29-30H,1,9-18H2,2-6H3/t19-,21+,22?,23+,24+,25-,26+,27+,28-/m1/s1. The van der Waals surface area contributed by atoms with E-state index in [2.05, 4.69) is 33.4 Å². The molecule has 0 bridgehead atoms. The number of fused-ring (bicyclic) bond motifs is 5. The highest BCUT2D eigenvalue weighted by molar-refractivity contribution is 5.26. The van der Waals surface area contributed by atoms with Crippen LogP contribution in [-0.4, -0.2) is 21.4 Å². The van der Waals surface area contributed by atoms with Gasteiger partial charge < -0.3 is 10.2 Å². The van der Waals surface area contributed by atoms with Gasteiger partial charge >= 0.3 is 0 Å². The molecule has 4 aliphatic rings. The molecule has 0 amide bonds. The lowest BCUT2D eigenvalue weighted by Crippen LogP contribution is -2.52. The van der Waals surface area contributed by atoms with Crippen LogP contribution in [0.25, 0.3) is 0 Å². The minimum Gasteiger partial charge on any atom is -0.390 e. The molecule has 3 saturated carbocycles. The smallest absolute Gasteiger partial charge is 0.0797 e. The van der Waals surface area contributed by atoms with Crippen molar-refractivity contribution in [2.24, 2.45) is 40.4 Å². The first-order valence-corrected chi connectivity index (χ1v) is 12.7. The van der Waals surface area contributed by atoms with Crippen molar-refractivity contribution < 1.29 is 10.2 Å². The Labute approximate surface area is 185 Å². The Bertz CT molecular complexity index is 703. The number of allylic oxidation sites excluding steroid dienone is 1. The van der Waals surface area contributed by atoms with Crippen molar-refractivity contribution in [1.82, 2.24) is 0 Å². The van der Waals surface area contributed by atoms with Gasteiger partial charge in [0.1, 0.15) is 0 Å². The Balaban J connectivity index is 1.51. The summed E-state index contributed by atoms with van der Waals surface area (Å²) in [6.07, 6.45) is 15.9. The summed E-state index contributed by atoms with van der Waals surface area (Å²) < 4.78 is 0. The van der Waals surface area contributed by atoms with Crippen LogP contribution >= 0.6 is 0 Å². The van der Waals surface area contributed by atoms with E-state index in [1.54, 1.807) is 11.6 Å². The van der Waals surface area contributed by atoms with Crippen LogP contribution in [0.15, 0.2) is 24.3 Å². The van der Waals surface area contributed by atoms with Gasteiger partial charge in [-0.2, -0.15) is 0 Å². The molecule has 170 valence electrons. The number of aliphatic hydroxyl groups is 2. The van der Waals surface area contributed by atoms with E-state index in [1.165, 1.54) is 32.1 Å². The lowest BCUT2D eigenvalue weighted by molar-refractivity contribution is -0.0711. The maximum atomic E-state index is 10.7. The lowest BCUT2D eigenvalue weighted by Gasteiger charge is -2.59. The van der Waals surface area contributed by atoms with Crippen molar-refractivity contribution in [2.75, 3.05) is 0 Å². The zero-order valence-corrected chi connectivity index (χ0v) is 20.2. The van der Waals surface area contributed by atoms with Crippen LogP contribution in [0.1, 0.15) is 98.8 Å². The molecule has 4 rings (SSSR count). The van der Waals surface area contributed by atoms with Gasteiger partial charge in [-0.3, -0.25) is 0 Å². The molecule has 2 heteroatoms. The Morgan fingerprint density at radius 3 is 2.60 bits per heavy atom. The molecule has 0 saturated heterocycles. The molecule has 0 aromatic carbocycles. The van der Waals surface area contributed by atoms with Gasteiger partial charge in [0.25, 0.3) is 0 Å². The second-order valence-electron chi connectivity index (χ2n) is 12.7. The Hall–Kier alpha value is -0.600. The van der Waals surface area contributed by atoms with Gasteiger partial charge in [0.05, 0.1) is 11.2 Å². The highest BCUT2D eigenvalue weighted by Gasteiger charge is 2.59. The van der Waals surface area contributed by atoms with Crippen LogP contribution < -0.4 is 0 Å². The zero-order chi connectivity index (χ0) is 21.9. The normalized spacial score (nSPS) is 48.6. The summed E-state index contributed by atoms with van der Waals surface area (Å²) in [6, 6.07) is 0. The average Bonchev–Trinajstić information content (AvgIpc) is 3.04. The van der Waals surface area contributed by atoms with Crippen LogP contribution in [0.5, 0.6) is 0 Å². The van der Waals surface area contributed by atoms with Crippen molar-refractivity contribution in [3.8, 4) is 0 Å². The SMILES string of the molecule is C=C[C@@](C)(O)CC[C@@H](C)C1CC[C@H]2[C@@H]3CC=C4C[C@@](C)(O)CC[C@]4(C)[C@H]3CC[C@]12C. The highest BCUT2D eigenvalue weighted by atomic mass is 16.3. The number of rotatable bonds is 5. The van der Waals surface area contributed by atoms with E-state index < -0.39 is 11.2 Å². The first-order valence-electron chi connectivity index (χ1n) is 12.7. The van der Waals surface area contributed by atoms with Crippen molar-refractivity contribution in [3.05, 3.63) is 24.3 Å². The van der Waals surface area contributed by atoms with Gasteiger partial charge in [0.15, 0.2) is 0 Å². The summed E-state index contributed by atoms with van der Waals surface area (Å²) in [6.45, 7) is 15.3. The summed E-state index contributed by atoms with van der Waals surface area (Å²) in [7, 11) is 0. The molecule has 0 aliphatic heterocycles. The average molecular weight is 415 g/mol. The van der Waals surface area contributed by atoms with Gasteiger partial charge in [-0.1, -0.05) is 38.5 Å². The first-order chi connectivity index (χ1) is 13.9. The van der Waals surface area contributed by atoms with Gasteiger partial charge in [0, 0.05) is 0 Å². The third kappa shape index (κ3) is 3.64. The second-order valence-corrected chi connectivity index (χ2v) is 12.7. The predicted molar refractivity (Wildman–Crippen MR) is 125 cm³/mol. The van der Waals surface area contributed by atoms with E-state index in [-0.39, 0.29) is 0 Å². The molecule has 2 N–H and O–H groups in total. The molecular formula is C28H46O2.